The second-order valence-electron chi connectivity index (χ2n) is 7.51. The molecular weight excluding hydrogens is 198 g/mol. The highest BCUT2D eigenvalue weighted by Gasteiger charge is 2.66. The summed E-state index contributed by atoms with van der Waals surface area (Å²) in [4.78, 5) is 12.3. The molecule has 1 aliphatic carbocycles. The van der Waals surface area contributed by atoms with Gasteiger partial charge in [-0.25, -0.2) is 0 Å². The number of carbonyl (C=O) groups is 1. The molecule has 0 radical (unpaired) electrons. The van der Waals surface area contributed by atoms with Crippen LogP contribution in [-0.2, 0) is 4.79 Å². The molecule has 1 saturated carbocycles. The second-order valence-corrected chi connectivity index (χ2v) is 7.51. The molecule has 0 heterocycles. The van der Waals surface area contributed by atoms with Crippen molar-refractivity contribution >= 4 is 5.91 Å². The van der Waals surface area contributed by atoms with Crippen molar-refractivity contribution in [2.75, 3.05) is 0 Å². The summed E-state index contributed by atoms with van der Waals surface area (Å²) in [7, 11) is 0. The Bertz CT molecular complexity index is 286. The highest BCUT2D eigenvalue weighted by atomic mass is 16.2. The Morgan fingerprint density at radius 3 is 2.00 bits per heavy atom. The van der Waals surface area contributed by atoms with Gasteiger partial charge < -0.3 is 5.32 Å². The van der Waals surface area contributed by atoms with E-state index in [0.29, 0.717) is 0 Å². The first-order valence-electron chi connectivity index (χ1n) is 6.31. The van der Waals surface area contributed by atoms with Crippen molar-refractivity contribution in [1.29, 1.82) is 0 Å². The van der Waals surface area contributed by atoms with Crippen LogP contribution in [0.1, 0.15) is 61.3 Å². The van der Waals surface area contributed by atoms with Gasteiger partial charge in [0.1, 0.15) is 0 Å². The fraction of sp³-hybridized carbons (Fsp3) is 0.929. The van der Waals surface area contributed by atoms with Crippen molar-refractivity contribution in [3.8, 4) is 0 Å². The SMILES string of the molecule is CC(C)NC(=O)C1(CC(C)(C)C)CC1(C)C. The quantitative estimate of drug-likeness (QED) is 0.784. The van der Waals surface area contributed by atoms with E-state index in [1.54, 1.807) is 0 Å². The van der Waals surface area contributed by atoms with Crippen LogP contribution < -0.4 is 5.32 Å². The molecule has 2 nitrogen and oxygen atoms in total. The van der Waals surface area contributed by atoms with E-state index in [2.05, 4.69) is 39.9 Å². The first-order chi connectivity index (χ1) is 7.00. The van der Waals surface area contributed by atoms with E-state index in [1.807, 2.05) is 13.8 Å². The summed E-state index contributed by atoms with van der Waals surface area (Å²) in [5.41, 5.74) is 0.247. The van der Waals surface area contributed by atoms with Gasteiger partial charge in [-0.15, -0.1) is 0 Å². The Kier molecular flexibility index (Phi) is 3.17. The number of amides is 1. The van der Waals surface area contributed by atoms with Crippen LogP contribution in [0.4, 0.5) is 0 Å². The van der Waals surface area contributed by atoms with E-state index < -0.39 is 0 Å². The number of rotatable bonds is 3. The zero-order valence-corrected chi connectivity index (χ0v) is 11.9. The predicted octanol–water partition coefficient (Wildman–Crippen LogP) is 3.36. The molecule has 0 bridgehead atoms. The molecule has 1 fully saturated rings. The Balaban J connectivity index is 2.81. The zero-order chi connectivity index (χ0) is 12.8. The molecule has 1 N–H and O–H groups in total. The highest BCUT2D eigenvalue weighted by Crippen LogP contribution is 2.67. The Hall–Kier alpha value is -0.530. The lowest BCUT2D eigenvalue weighted by atomic mass is 9.78. The van der Waals surface area contributed by atoms with Gasteiger partial charge in [0.15, 0.2) is 0 Å². The summed E-state index contributed by atoms with van der Waals surface area (Å²) in [5.74, 6) is 0.252. The molecule has 1 unspecified atom stereocenters. The van der Waals surface area contributed by atoms with Gasteiger partial charge in [0.25, 0.3) is 0 Å². The highest BCUT2D eigenvalue weighted by molar-refractivity contribution is 5.87. The maximum absolute atomic E-state index is 12.3. The maximum atomic E-state index is 12.3. The smallest absolute Gasteiger partial charge is 0.226 e. The van der Waals surface area contributed by atoms with E-state index in [1.165, 1.54) is 0 Å². The number of hydrogen-bond acceptors (Lipinski definition) is 1. The van der Waals surface area contributed by atoms with Crippen molar-refractivity contribution in [3.05, 3.63) is 0 Å². The van der Waals surface area contributed by atoms with Crippen LogP contribution >= 0.6 is 0 Å². The molecule has 0 saturated heterocycles. The fourth-order valence-electron chi connectivity index (χ4n) is 2.79. The average Bonchev–Trinajstić information content (AvgIpc) is 2.48. The van der Waals surface area contributed by atoms with Gasteiger partial charge in [-0.3, -0.25) is 4.79 Å². The van der Waals surface area contributed by atoms with Gasteiger partial charge in [0.2, 0.25) is 5.91 Å². The van der Waals surface area contributed by atoms with Crippen LogP contribution in [0.15, 0.2) is 0 Å². The molecule has 0 spiro atoms. The summed E-state index contributed by atoms with van der Waals surface area (Å²) >= 11 is 0. The predicted molar refractivity (Wildman–Crippen MR) is 68.2 cm³/mol. The summed E-state index contributed by atoms with van der Waals surface area (Å²) in [5, 5.41) is 3.08. The lowest BCUT2D eigenvalue weighted by Crippen LogP contribution is -2.40. The van der Waals surface area contributed by atoms with Crippen LogP contribution in [-0.4, -0.2) is 11.9 Å². The molecule has 94 valence electrons. The minimum absolute atomic E-state index is 0.129. The third-order valence-corrected chi connectivity index (χ3v) is 3.60. The first kappa shape index (κ1) is 13.5. The van der Waals surface area contributed by atoms with Crippen molar-refractivity contribution in [2.45, 2.75) is 67.3 Å². The molecule has 0 aromatic carbocycles. The Morgan fingerprint density at radius 1 is 1.31 bits per heavy atom. The molecule has 1 amide bonds. The third kappa shape index (κ3) is 2.58. The topological polar surface area (TPSA) is 29.1 Å². The largest absolute Gasteiger partial charge is 0.353 e. The summed E-state index contributed by atoms with van der Waals surface area (Å²) in [6.07, 6.45) is 2.00. The van der Waals surface area contributed by atoms with Crippen molar-refractivity contribution in [2.24, 2.45) is 16.2 Å². The van der Waals surface area contributed by atoms with Crippen LogP contribution in [0.25, 0.3) is 0 Å². The van der Waals surface area contributed by atoms with Crippen molar-refractivity contribution in [3.63, 3.8) is 0 Å². The van der Waals surface area contributed by atoms with Gasteiger partial charge in [-0.2, -0.15) is 0 Å². The molecule has 0 aromatic rings. The maximum Gasteiger partial charge on any atom is 0.226 e. The van der Waals surface area contributed by atoms with Crippen LogP contribution in [0.2, 0.25) is 0 Å². The molecule has 0 aliphatic heterocycles. The van der Waals surface area contributed by atoms with E-state index in [4.69, 9.17) is 0 Å². The minimum atomic E-state index is -0.129. The van der Waals surface area contributed by atoms with Gasteiger partial charge in [0.05, 0.1) is 5.41 Å². The third-order valence-electron chi connectivity index (χ3n) is 3.60. The summed E-state index contributed by atoms with van der Waals surface area (Å²) < 4.78 is 0. The molecule has 2 heteroatoms. The van der Waals surface area contributed by atoms with E-state index in [0.717, 1.165) is 12.8 Å². The normalized spacial score (nSPS) is 28.0. The molecule has 0 aromatic heterocycles. The summed E-state index contributed by atoms with van der Waals surface area (Å²) in [6.45, 7) is 15.1. The minimum Gasteiger partial charge on any atom is -0.353 e. The standard InChI is InChI=1S/C14H27NO/c1-10(2)15-11(16)14(8-12(3,4)5)9-13(14,6)7/h10H,8-9H2,1-7H3,(H,15,16). The van der Waals surface area contributed by atoms with E-state index >= 15 is 0 Å². The average molecular weight is 225 g/mol. The monoisotopic (exact) mass is 225 g/mol. The summed E-state index contributed by atoms with van der Waals surface area (Å²) in [6, 6.07) is 0.237. The second kappa shape index (κ2) is 3.75. The lowest BCUT2D eigenvalue weighted by Gasteiger charge is -2.29. The Labute approximate surface area is 100 Å². The number of nitrogens with one attached hydrogen (secondary N) is 1. The Morgan fingerprint density at radius 2 is 1.75 bits per heavy atom. The van der Waals surface area contributed by atoms with Crippen LogP contribution in [0.3, 0.4) is 0 Å². The van der Waals surface area contributed by atoms with Crippen molar-refractivity contribution < 1.29 is 4.79 Å². The number of hydrogen-bond donors (Lipinski definition) is 1. The van der Waals surface area contributed by atoms with Gasteiger partial charge >= 0.3 is 0 Å². The lowest BCUT2D eigenvalue weighted by molar-refractivity contribution is -0.129. The molecular formula is C14H27NO. The number of carbonyl (C=O) groups excluding carboxylic acids is 1. The molecule has 1 aliphatic rings. The first-order valence-corrected chi connectivity index (χ1v) is 6.31. The van der Waals surface area contributed by atoms with Gasteiger partial charge in [-0.1, -0.05) is 34.6 Å². The zero-order valence-electron chi connectivity index (χ0n) is 11.9. The molecule has 1 rings (SSSR count). The van der Waals surface area contributed by atoms with Crippen LogP contribution in [0.5, 0.6) is 0 Å². The molecule has 1 atom stereocenters. The van der Waals surface area contributed by atoms with E-state index in [9.17, 15) is 4.79 Å². The van der Waals surface area contributed by atoms with Crippen molar-refractivity contribution in [1.82, 2.24) is 5.32 Å². The van der Waals surface area contributed by atoms with E-state index in [-0.39, 0.29) is 28.2 Å². The van der Waals surface area contributed by atoms with Gasteiger partial charge in [-0.05, 0) is 37.5 Å². The van der Waals surface area contributed by atoms with Gasteiger partial charge in [0, 0.05) is 6.04 Å². The fourth-order valence-corrected chi connectivity index (χ4v) is 2.79. The van der Waals surface area contributed by atoms with Crippen LogP contribution in [0, 0.1) is 16.2 Å². The molecule has 16 heavy (non-hydrogen) atoms.